The third-order valence-corrected chi connectivity index (χ3v) is 1.21. The first-order valence-corrected chi connectivity index (χ1v) is 3.60. The standard InChI is InChI=1S/C3H4O2Se/c4-1-2-6-3-5/h1,3H,2H2. The summed E-state index contributed by atoms with van der Waals surface area (Å²) in [7, 11) is 0. The minimum atomic E-state index is -0.0816. The van der Waals surface area contributed by atoms with Crippen molar-refractivity contribution in [2.24, 2.45) is 0 Å². The van der Waals surface area contributed by atoms with Crippen LogP contribution in [0, 0.1) is 0 Å². The molecule has 6 heavy (non-hydrogen) atoms. The van der Waals surface area contributed by atoms with Crippen molar-refractivity contribution in [2.45, 2.75) is 5.32 Å². The molecule has 0 fully saturated rings. The van der Waals surface area contributed by atoms with Gasteiger partial charge in [-0.2, -0.15) is 0 Å². The zero-order valence-corrected chi connectivity index (χ0v) is 4.80. The van der Waals surface area contributed by atoms with Crippen LogP contribution in [0.4, 0.5) is 0 Å². The Morgan fingerprint density at radius 1 is 1.50 bits per heavy atom. The third kappa shape index (κ3) is 3.86. The van der Waals surface area contributed by atoms with Crippen LogP contribution in [0.5, 0.6) is 0 Å². The molecule has 0 heterocycles. The molecule has 0 aromatic rings. The van der Waals surface area contributed by atoms with Crippen molar-refractivity contribution in [3.63, 3.8) is 0 Å². The molecule has 0 saturated carbocycles. The van der Waals surface area contributed by atoms with Gasteiger partial charge in [0.05, 0.1) is 0 Å². The third-order valence-electron chi connectivity index (χ3n) is 0.232. The average Bonchev–Trinajstić information content (AvgIpc) is 1.61. The Hall–Kier alpha value is -0.141. The molecular weight excluding hydrogens is 147 g/mol. The van der Waals surface area contributed by atoms with E-state index in [9.17, 15) is 9.59 Å². The number of carbonyl (C=O) groups is 2. The zero-order valence-electron chi connectivity index (χ0n) is 3.09. The van der Waals surface area contributed by atoms with Gasteiger partial charge in [0.25, 0.3) is 0 Å². The summed E-state index contributed by atoms with van der Waals surface area (Å²) in [5.41, 5.74) is 0. The molecule has 0 amide bonds. The van der Waals surface area contributed by atoms with Crippen molar-refractivity contribution < 1.29 is 9.59 Å². The average molecular weight is 151 g/mol. The molecule has 0 aliphatic heterocycles. The maximum atomic E-state index is 9.43. The second kappa shape index (κ2) is 4.86. The van der Waals surface area contributed by atoms with Crippen molar-refractivity contribution in [3.05, 3.63) is 0 Å². The van der Waals surface area contributed by atoms with Gasteiger partial charge in [0.2, 0.25) is 0 Å². The Morgan fingerprint density at radius 2 is 2.17 bits per heavy atom. The zero-order chi connectivity index (χ0) is 4.83. The van der Waals surface area contributed by atoms with Gasteiger partial charge in [-0.3, -0.25) is 0 Å². The summed E-state index contributed by atoms with van der Waals surface area (Å²) in [5, 5.41) is 1.22. The van der Waals surface area contributed by atoms with Crippen LogP contribution in [0.1, 0.15) is 0 Å². The van der Waals surface area contributed by atoms with Gasteiger partial charge < -0.3 is 0 Å². The van der Waals surface area contributed by atoms with Crippen molar-refractivity contribution in [2.75, 3.05) is 0 Å². The van der Waals surface area contributed by atoms with E-state index in [0.29, 0.717) is 5.32 Å². The van der Waals surface area contributed by atoms with Crippen molar-refractivity contribution >= 4 is 26.4 Å². The first-order valence-electron chi connectivity index (χ1n) is 1.40. The van der Waals surface area contributed by atoms with Crippen LogP contribution in [0.15, 0.2) is 0 Å². The Bertz CT molecular complexity index is 44.8. The van der Waals surface area contributed by atoms with Gasteiger partial charge in [-0.05, 0) is 0 Å². The number of hydrogen-bond donors (Lipinski definition) is 0. The van der Waals surface area contributed by atoms with E-state index in [0.717, 1.165) is 11.5 Å². The Kier molecular flexibility index (Phi) is 4.75. The second-order valence-electron chi connectivity index (χ2n) is 0.596. The molecule has 34 valence electrons. The van der Waals surface area contributed by atoms with Gasteiger partial charge >= 0.3 is 41.3 Å². The maximum absolute atomic E-state index is 9.43. The number of rotatable bonds is 3. The molecule has 0 unspecified atom stereocenters. The van der Waals surface area contributed by atoms with Crippen LogP contribution in [0.25, 0.3) is 0 Å². The molecule has 2 nitrogen and oxygen atoms in total. The molecule has 0 aromatic carbocycles. The summed E-state index contributed by atoms with van der Waals surface area (Å²) in [6.45, 7) is 0. The number of aldehydes is 1. The number of carbonyl (C=O) groups excluding carboxylic acids is 2. The number of hydrogen-bond acceptors (Lipinski definition) is 2. The topological polar surface area (TPSA) is 34.1 Å². The Labute approximate surface area is 42.1 Å². The van der Waals surface area contributed by atoms with Crippen LogP contribution in [-0.2, 0) is 9.59 Å². The van der Waals surface area contributed by atoms with Crippen molar-refractivity contribution in [3.8, 4) is 0 Å². The van der Waals surface area contributed by atoms with E-state index in [-0.39, 0.29) is 15.0 Å². The van der Waals surface area contributed by atoms with Gasteiger partial charge in [-0.1, -0.05) is 0 Å². The molecule has 0 aliphatic carbocycles. The minimum absolute atomic E-state index is 0.0816. The molecule has 0 rings (SSSR count). The summed E-state index contributed by atoms with van der Waals surface area (Å²) < 4.78 is 0. The first kappa shape index (κ1) is 5.86. The molecular formula is C3H4O2Se. The van der Waals surface area contributed by atoms with Crippen LogP contribution in [0.3, 0.4) is 0 Å². The van der Waals surface area contributed by atoms with Gasteiger partial charge in [0, 0.05) is 0 Å². The fraction of sp³-hybridized carbons (Fsp3) is 0.333. The fourth-order valence-electron chi connectivity index (χ4n) is 0.0786. The van der Waals surface area contributed by atoms with Crippen molar-refractivity contribution in [1.82, 2.24) is 0 Å². The van der Waals surface area contributed by atoms with E-state index in [1.165, 1.54) is 0 Å². The van der Waals surface area contributed by atoms with E-state index in [2.05, 4.69) is 0 Å². The fourth-order valence-corrected chi connectivity index (χ4v) is 0.408. The predicted octanol–water partition coefficient (Wildman–Crippen LogP) is -0.502. The van der Waals surface area contributed by atoms with E-state index >= 15 is 0 Å². The SMILES string of the molecule is O=CC[Se]C=O. The summed E-state index contributed by atoms with van der Waals surface area (Å²) in [6, 6.07) is 0. The molecule has 0 spiro atoms. The second-order valence-corrected chi connectivity index (χ2v) is 2.40. The monoisotopic (exact) mass is 152 g/mol. The van der Waals surface area contributed by atoms with E-state index in [1.807, 2.05) is 0 Å². The molecule has 0 saturated heterocycles. The van der Waals surface area contributed by atoms with Gasteiger partial charge in [0.15, 0.2) is 0 Å². The summed E-state index contributed by atoms with van der Waals surface area (Å²) in [6.07, 6.45) is 0.758. The summed E-state index contributed by atoms with van der Waals surface area (Å²) in [4.78, 5) is 18.9. The molecule has 0 bridgehead atoms. The van der Waals surface area contributed by atoms with Crippen LogP contribution in [0.2, 0.25) is 5.32 Å². The quantitative estimate of drug-likeness (QED) is 0.309. The van der Waals surface area contributed by atoms with Crippen LogP contribution < -0.4 is 0 Å². The van der Waals surface area contributed by atoms with Gasteiger partial charge in [0.1, 0.15) is 0 Å². The van der Waals surface area contributed by atoms with Crippen LogP contribution >= 0.6 is 0 Å². The Balaban J connectivity index is 2.66. The molecule has 0 atom stereocenters. The first-order chi connectivity index (χ1) is 2.91. The molecule has 3 heteroatoms. The van der Waals surface area contributed by atoms with E-state index < -0.39 is 0 Å². The van der Waals surface area contributed by atoms with Crippen LogP contribution in [-0.4, -0.2) is 26.4 Å². The molecule has 0 N–H and O–H groups in total. The van der Waals surface area contributed by atoms with E-state index in [4.69, 9.17) is 0 Å². The molecule has 0 aliphatic rings. The van der Waals surface area contributed by atoms with Gasteiger partial charge in [-0.15, -0.1) is 0 Å². The summed E-state index contributed by atoms with van der Waals surface area (Å²) in [5.74, 6) is 0. The Morgan fingerprint density at radius 3 is 2.33 bits per heavy atom. The molecule has 0 radical (unpaired) electrons. The van der Waals surface area contributed by atoms with Gasteiger partial charge in [-0.25, -0.2) is 0 Å². The summed E-state index contributed by atoms with van der Waals surface area (Å²) >= 11 is -0.0816. The molecule has 0 aromatic heterocycles. The predicted molar refractivity (Wildman–Crippen MR) is 23.4 cm³/mol. The normalized spacial score (nSPS) is 7.33. The van der Waals surface area contributed by atoms with Crippen molar-refractivity contribution in [1.29, 1.82) is 0 Å². The van der Waals surface area contributed by atoms with E-state index in [1.54, 1.807) is 0 Å².